The third kappa shape index (κ3) is 4.86. The van der Waals surface area contributed by atoms with Gasteiger partial charge in [-0.05, 0) is 49.9 Å². The maximum Gasteiger partial charge on any atom is 0.354 e. The number of carbonyl (C=O) groups is 1. The third-order valence-electron chi connectivity index (χ3n) is 4.86. The number of allylic oxidation sites excluding steroid dienone is 6. The van der Waals surface area contributed by atoms with Gasteiger partial charge in [-0.3, -0.25) is 0 Å². The van der Waals surface area contributed by atoms with Crippen molar-refractivity contribution in [2.24, 2.45) is 5.92 Å². The van der Waals surface area contributed by atoms with Crippen LogP contribution in [0.1, 0.15) is 54.8 Å². The minimum atomic E-state index is -1.44. The standard InChI is InChI=1S/C23H24Cl2N2O3/c1-14-6-4-8-15(9-5-7-14)21-26-20(23(2,3)30)19(22(28)29)27(21)13-16-12-17(24)10-11-18(16)25/h4-6,8-12,14,30H,7,13H2,1-3H3,(H,28,29)/b6-4-,9-5+,15-8+. The number of imidazole rings is 1. The molecule has 1 aliphatic carbocycles. The molecule has 0 fully saturated rings. The number of aliphatic hydroxyl groups is 1. The second-order valence-electron chi connectivity index (χ2n) is 7.94. The molecule has 158 valence electrons. The summed E-state index contributed by atoms with van der Waals surface area (Å²) in [4.78, 5) is 16.8. The number of benzene rings is 1. The lowest BCUT2D eigenvalue weighted by Crippen LogP contribution is -2.22. The van der Waals surface area contributed by atoms with Gasteiger partial charge in [0.1, 0.15) is 17.1 Å². The zero-order valence-electron chi connectivity index (χ0n) is 17.1. The van der Waals surface area contributed by atoms with E-state index in [1.165, 1.54) is 13.8 Å². The first kappa shape index (κ1) is 22.3. The maximum absolute atomic E-state index is 12.2. The van der Waals surface area contributed by atoms with Crippen LogP contribution in [0.3, 0.4) is 0 Å². The molecular formula is C23H24Cl2N2O3. The molecule has 0 spiro atoms. The maximum atomic E-state index is 12.2. The topological polar surface area (TPSA) is 75.3 Å². The van der Waals surface area contributed by atoms with Crippen molar-refractivity contribution in [1.29, 1.82) is 0 Å². The molecule has 0 aliphatic heterocycles. The highest BCUT2D eigenvalue weighted by atomic mass is 35.5. The van der Waals surface area contributed by atoms with Crippen LogP contribution in [-0.4, -0.2) is 25.7 Å². The molecule has 0 amide bonds. The number of nitrogens with zero attached hydrogens (tertiary/aromatic N) is 2. The Morgan fingerprint density at radius 1 is 1.33 bits per heavy atom. The number of carboxylic acid groups (broad SMARTS) is 1. The lowest BCUT2D eigenvalue weighted by Gasteiger charge is -2.16. The number of hydrogen-bond donors (Lipinski definition) is 2. The third-order valence-corrected chi connectivity index (χ3v) is 5.47. The zero-order chi connectivity index (χ0) is 22.1. The summed E-state index contributed by atoms with van der Waals surface area (Å²) in [5.74, 6) is -0.329. The van der Waals surface area contributed by atoms with Crippen LogP contribution < -0.4 is 0 Å². The number of aromatic carboxylic acids is 1. The quantitative estimate of drug-likeness (QED) is 0.617. The van der Waals surface area contributed by atoms with Gasteiger partial charge >= 0.3 is 5.97 Å². The van der Waals surface area contributed by atoms with Crippen molar-refractivity contribution in [2.75, 3.05) is 0 Å². The van der Waals surface area contributed by atoms with E-state index in [4.69, 9.17) is 23.2 Å². The number of hydrogen-bond acceptors (Lipinski definition) is 3. The van der Waals surface area contributed by atoms with E-state index in [0.29, 0.717) is 27.4 Å². The summed E-state index contributed by atoms with van der Waals surface area (Å²) in [5.41, 5.74) is -0.0251. The first-order valence-electron chi connectivity index (χ1n) is 9.64. The second-order valence-corrected chi connectivity index (χ2v) is 8.78. The van der Waals surface area contributed by atoms with Crippen molar-refractivity contribution >= 4 is 34.7 Å². The molecule has 1 aliphatic rings. The fourth-order valence-electron chi connectivity index (χ4n) is 3.35. The van der Waals surface area contributed by atoms with E-state index in [0.717, 1.165) is 12.0 Å². The van der Waals surface area contributed by atoms with Gasteiger partial charge in [0.05, 0.1) is 6.54 Å². The second kappa shape index (κ2) is 8.80. The zero-order valence-corrected chi connectivity index (χ0v) is 18.6. The molecule has 2 aromatic rings. The normalized spacial score (nSPS) is 20.7. The Labute approximate surface area is 186 Å². The Bertz CT molecular complexity index is 1060. The number of aromatic nitrogens is 2. The van der Waals surface area contributed by atoms with Crippen molar-refractivity contribution in [3.05, 3.63) is 81.4 Å². The predicted molar refractivity (Wildman–Crippen MR) is 120 cm³/mol. The van der Waals surface area contributed by atoms with E-state index < -0.39 is 11.6 Å². The van der Waals surface area contributed by atoms with Crippen molar-refractivity contribution < 1.29 is 15.0 Å². The molecule has 1 aromatic carbocycles. The highest BCUT2D eigenvalue weighted by Crippen LogP contribution is 2.31. The Morgan fingerprint density at radius 2 is 2.07 bits per heavy atom. The summed E-state index contributed by atoms with van der Waals surface area (Å²) < 4.78 is 1.57. The molecule has 0 saturated heterocycles. The number of halogens is 2. The van der Waals surface area contributed by atoms with Gasteiger partial charge in [-0.25, -0.2) is 9.78 Å². The molecule has 1 unspecified atom stereocenters. The molecule has 2 N–H and O–H groups in total. The van der Waals surface area contributed by atoms with Crippen LogP contribution in [0.5, 0.6) is 0 Å². The Morgan fingerprint density at radius 3 is 2.73 bits per heavy atom. The van der Waals surface area contributed by atoms with E-state index in [1.54, 1.807) is 22.8 Å². The molecule has 7 heteroatoms. The van der Waals surface area contributed by atoms with E-state index in [9.17, 15) is 15.0 Å². The van der Waals surface area contributed by atoms with Crippen LogP contribution >= 0.6 is 23.2 Å². The van der Waals surface area contributed by atoms with Crippen molar-refractivity contribution in [3.8, 4) is 0 Å². The fraction of sp³-hybridized carbons (Fsp3) is 0.304. The lowest BCUT2D eigenvalue weighted by atomic mass is 10.0. The van der Waals surface area contributed by atoms with E-state index in [2.05, 4.69) is 18.0 Å². The first-order chi connectivity index (χ1) is 14.1. The van der Waals surface area contributed by atoms with Gasteiger partial charge in [-0.1, -0.05) is 60.5 Å². The van der Waals surface area contributed by atoms with Crippen LogP contribution in [0.25, 0.3) is 5.57 Å². The Kier molecular flexibility index (Phi) is 6.56. The van der Waals surface area contributed by atoms with Crippen molar-refractivity contribution in [3.63, 3.8) is 0 Å². The molecule has 5 nitrogen and oxygen atoms in total. The van der Waals surface area contributed by atoms with Gasteiger partial charge in [0.15, 0.2) is 5.69 Å². The summed E-state index contributed by atoms with van der Waals surface area (Å²) in [5, 5.41) is 21.6. The fourth-order valence-corrected chi connectivity index (χ4v) is 3.72. The van der Waals surface area contributed by atoms with E-state index in [-0.39, 0.29) is 17.9 Å². The van der Waals surface area contributed by atoms with Crippen LogP contribution in [0.15, 0.2) is 48.6 Å². The summed E-state index contributed by atoms with van der Waals surface area (Å²) in [7, 11) is 0. The Hall–Kier alpha value is -2.34. The molecule has 1 heterocycles. The van der Waals surface area contributed by atoms with Crippen LogP contribution in [0.4, 0.5) is 0 Å². The van der Waals surface area contributed by atoms with Crippen LogP contribution in [-0.2, 0) is 12.1 Å². The number of rotatable bonds is 5. The number of carboxylic acids is 1. The summed E-state index contributed by atoms with van der Waals surface area (Å²) in [6.45, 7) is 5.31. The van der Waals surface area contributed by atoms with Crippen LogP contribution in [0, 0.1) is 5.92 Å². The SMILES string of the molecule is CC1\C=C/C=C(c2nc(C(C)(C)O)c(C(=O)O)n2Cc2cc(Cl)ccc2Cl)\C=C\C1. The van der Waals surface area contributed by atoms with Gasteiger partial charge in [0, 0.05) is 15.6 Å². The van der Waals surface area contributed by atoms with Gasteiger partial charge in [-0.15, -0.1) is 0 Å². The lowest BCUT2D eigenvalue weighted by molar-refractivity contribution is 0.0602. The summed E-state index contributed by atoms with van der Waals surface area (Å²) in [6.07, 6.45) is 10.7. The first-order valence-corrected chi connectivity index (χ1v) is 10.4. The van der Waals surface area contributed by atoms with Crippen LogP contribution in [0.2, 0.25) is 10.0 Å². The Balaban J connectivity index is 2.25. The van der Waals surface area contributed by atoms with E-state index >= 15 is 0 Å². The monoisotopic (exact) mass is 446 g/mol. The highest BCUT2D eigenvalue weighted by Gasteiger charge is 2.32. The smallest absolute Gasteiger partial charge is 0.354 e. The van der Waals surface area contributed by atoms with Crippen molar-refractivity contribution in [1.82, 2.24) is 9.55 Å². The average Bonchev–Trinajstić information content (AvgIpc) is 3.01. The predicted octanol–water partition coefficient (Wildman–Crippen LogP) is 5.70. The molecule has 0 bridgehead atoms. The van der Waals surface area contributed by atoms with Gasteiger partial charge < -0.3 is 14.8 Å². The summed E-state index contributed by atoms with van der Waals surface area (Å²) in [6, 6.07) is 5.05. The highest BCUT2D eigenvalue weighted by molar-refractivity contribution is 6.33. The summed E-state index contributed by atoms with van der Waals surface area (Å²) >= 11 is 12.5. The molecule has 3 rings (SSSR count). The molecular weight excluding hydrogens is 423 g/mol. The minimum Gasteiger partial charge on any atom is -0.477 e. The van der Waals surface area contributed by atoms with Gasteiger partial charge in [0.2, 0.25) is 0 Å². The molecule has 0 saturated carbocycles. The molecule has 1 atom stereocenters. The van der Waals surface area contributed by atoms with Crippen molar-refractivity contribution in [2.45, 2.75) is 39.3 Å². The average molecular weight is 447 g/mol. The van der Waals surface area contributed by atoms with E-state index in [1.807, 2.05) is 24.3 Å². The van der Waals surface area contributed by atoms with Gasteiger partial charge in [-0.2, -0.15) is 0 Å². The van der Waals surface area contributed by atoms with Gasteiger partial charge in [0.25, 0.3) is 0 Å². The molecule has 30 heavy (non-hydrogen) atoms. The molecule has 0 radical (unpaired) electrons. The largest absolute Gasteiger partial charge is 0.477 e. The molecule has 1 aromatic heterocycles. The minimum absolute atomic E-state index is 0.0813.